The Morgan fingerprint density at radius 1 is 0.253 bits per heavy atom. The number of hydrogen-bond acceptors (Lipinski definition) is 6. The zero-order valence-electron chi connectivity index (χ0n) is 55.5. The van der Waals surface area contributed by atoms with Crippen LogP contribution in [0.3, 0.4) is 0 Å². The number of ether oxygens (including phenoxy) is 3. The Hall–Kier alpha value is -3.15. The Labute approximate surface area is 516 Å². The molecule has 6 nitrogen and oxygen atoms in total. The highest BCUT2D eigenvalue weighted by molar-refractivity contribution is 5.71. The van der Waals surface area contributed by atoms with E-state index in [1.807, 2.05) is 0 Å². The Kier molecular flexibility index (Phi) is 68.6. The highest BCUT2D eigenvalue weighted by atomic mass is 16.6. The molecule has 0 aliphatic heterocycles. The maximum absolute atomic E-state index is 13.0. The number of carbonyl (C=O) groups excluding carboxylic acids is 3. The second kappa shape index (κ2) is 71.3. The largest absolute Gasteiger partial charge is 0.462 e. The quantitative estimate of drug-likeness (QED) is 0.0261. The minimum absolute atomic E-state index is 0.0812. The van der Waals surface area contributed by atoms with Gasteiger partial charge in [0.2, 0.25) is 0 Å². The maximum Gasteiger partial charge on any atom is 0.306 e. The lowest BCUT2D eigenvalue weighted by molar-refractivity contribution is -0.167. The molecule has 1 unspecified atom stereocenters. The van der Waals surface area contributed by atoms with E-state index in [9.17, 15) is 14.4 Å². The molecule has 83 heavy (non-hydrogen) atoms. The fourth-order valence-electron chi connectivity index (χ4n) is 10.8. The summed E-state index contributed by atoms with van der Waals surface area (Å²) in [5.74, 6) is -0.881. The molecule has 0 heterocycles. The summed E-state index contributed by atoms with van der Waals surface area (Å²) in [5.41, 5.74) is 0. The lowest BCUT2D eigenvalue weighted by Crippen LogP contribution is -2.30. The normalized spacial score (nSPS) is 12.5. The van der Waals surface area contributed by atoms with Crippen LogP contribution in [0.15, 0.2) is 72.9 Å². The van der Waals surface area contributed by atoms with Crippen molar-refractivity contribution < 1.29 is 28.6 Å². The molecule has 1 atom stereocenters. The highest BCUT2D eigenvalue weighted by Crippen LogP contribution is 2.18. The second-order valence-electron chi connectivity index (χ2n) is 24.5. The molecule has 482 valence electrons. The van der Waals surface area contributed by atoms with E-state index in [0.717, 1.165) is 109 Å². The minimum Gasteiger partial charge on any atom is -0.462 e. The first-order valence-electron chi connectivity index (χ1n) is 36.4. The summed E-state index contributed by atoms with van der Waals surface area (Å²) in [7, 11) is 0. The van der Waals surface area contributed by atoms with Gasteiger partial charge in [0, 0.05) is 19.3 Å². The average Bonchev–Trinajstić information content (AvgIpc) is 3.50. The molecule has 0 fully saturated rings. The number of rotatable bonds is 67. The maximum atomic E-state index is 13.0. The van der Waals surface area contributed by atoms with Crippen LogP contribution < -0.4 is 0 Å². The summed E-state index contributed by atoms with van der Waals surface area (Å²) in [6, 6.07) is 0. The van der Waals surface area contributed by atoms with Gasteiger partial charge in [-0.25, -0.2) is 0 Å². The zero-order chi connectivity index (χ0) is 59.9. The van der Waals surface area contributed by atoms with Crippen LogP contribution in [0.25, 0.3) is 0 Å². The molecule has 0 aliphatic rings. The van der Waals surface area contributed by atoms with Crippen molar-refractivity contribution in [3.8, 4) is 0 Å². The predicted octanol–water partition coefficient (Wildman–Crippen LogP) is 25.2. The molecule has 0 radical (unpaired) electrons. The van der Waals surface area contributed by atoms with Gasteiger partial charge in [0.1, 0.15) is 13.2 Å². The molecular weight excluding hydrogens is 1020 g/mol. The molecule has 0 aromatic carbocycles. The average molecular weight is 1160 g/mol. The van der Waals surface area contributed by atoms with Crippen molar-refractivity contribution in [3.63, 3.8) is 0 Å². The first kappa shape index (κ1) is 79.8. The van der Waals surface area contributed by atoms with Gasteiger partial charge in [-0.3, -0.25) is 14.4 Å². The number of unbranched alkanes of at least 4 members (excludes halogenated alkanes) is 44. The minimum atomic E-state index is -0.789. The van der Waals surface area contributed by atoms with Crippen molar-refractivity contribution in [1.29, 1.82) is 0 Å². The Morgan fingerprint density at radius 2 is 0.470 bits per heavy atom. The van der Waals surface area contributed by atoms with Crippen molar-refractivity contribution in [3.05, 3.63) is 72.9 Å². The van der Waals surface area contributed by atoms with E-state index in [2.05, 4.69) is 93.7 Å². The van der Waals surface area contributed by atoms with Crippen molar-refractivity contribution in [2.24, 2.45) is 0 Å². The van der Waals surface area contributed by atoms with Gasteiger partial charge in [-0.2, -0.15) is 0 Å². The Morgan fingerprint density at radius 3 is 0.747 bits per heavy atom. The third kappa shape index (κ3) is 69.5. The fourth-order valence-corrected chi connectivity index (χ4v) is 10.8. The van der Waals surface area contributed by atoms with Gasteiger partial charge in [-0.05, 0) is 89.9 Å². The number of carbonyl (C=O) groups is 3. The van der Waals surface area contributed by atoms with Crippen LogP contribution in [0.2, 0.25) is 0 Å². The lowest BCUT2D eigenvalue weighted by atomic mass is 10.0. The van der Waals surface area contributed by atoms with E-state index < -0.39 is 6.10 Å². The smallest absolute Gasteiger partial charge is 0.306 e. The van der Waals surface area contributed by atoms with Crippen LogP contribution in [0, 0.1) is 0 Å². The summed E-state index contributed by atoms with van der Waals surface area (Å²) < 4.78 is 17.0. The molecule has 0 bridgehead atoms. The van der Waals surface area contributed by atoms with Crippen LogP contribution in [-0.2, 0) is 28.6 Å². The second-order valence-corrected chi connectivity index (χ2v) is 24.5. The molecule has 6 heteroatoms. The summed E-state index contributed by atoms with van der Waals surface area (Å²) in [6.45, 7) is 6.57. The number of allylic oxidation sites excluding steroid dienone is 12. The molecule has 0 spiro atoms. The SMILES string of the molecule is CC/C=C\C/C=C\C/C=C\C/C=C\C/C=C\CCCCCCCC(=O)OC(COC(=O)CCCCCCCCC/C=C\CCCCCCCCC)COC(=O)CCCCCCCCCCCCCCCCCCCCCCCCCCCC. The van der Waals surface area contributed by atoms with Gasteiger partial charge in [0.25, 0.3) is 0 Å². The van der Waals surface area contributed by atoms with Crippen LogP contribution >= 0.6 is 0 Å². The van der Waals surface area contributed by atoms with Gasteiger partial charge in [-0.15, -0.1) is 0 Å². The molecule has 0 saturated carbocycles. The molecule has 0 aromatic rings. The van der Waals surface area contributed by atoms with Crippen molar-refractivity contribution in [1.82, 2.24) is 0 Å². The Balaban J connectivity index is 4.34. The van der Waals surface area contributed by atoms with Crippen LogP contribution in [0.4, 0.5) is 0 Å². The summed E-state index contributed by atoms with van der Waals surface area (Å²) in [4.78, 5) is 38.5. The fraction of sp³-hybridized carbons (Fsp3) is 0.805. The predicted molar refractivity (Wildman–Crippen MR) is 362 cm³/mol. The van der Waals surface area contributed by atoms with E-state index in [1.165, 1.54) is 231 Å². The highest BCUT2D eigenvalue weighted by Gasteiger charge is 2.19. The summed E-state index contributed by atoms with van der Waals surface area (Å²) in [5, 5.41) is 0. The lowest BCUT2D eigenvalue weighted by Gasteiger charge is -2.18. The number of hydrogen-bond donors (Lipinski definition) is 0. The van der Waals surface area contributed by atoms with E-state index in [-0.39, 0.29) is 31.1 Å². The number of esters is 3. The molecule has 0 rings (SSSR count). The van der Waals surface area contributed by atoms with E-state index in [1.54, 1.807) is 0 Å². The van der Waals surface area contributed by atoms with E-state index in [4.69, 9.17) is 14.2 Å². The first-order chi connectivity index (χ1) is 41.0. The Bertz CT molecular complexity index is 1520. The van der Waals surface area contributed by atoms with E-state index in [0.29, 0.717) is 19.3 Å². The van der Waals surface area contributed by atoms with Gasteiger partial charge >= 0.3 is 17.9 Å². The molecule has 0 N–H and O–H groups in total. The monoisotopic (exact) mass is 1160 g/mol. The third-order valence-corrected chi connectivity index (χ3v) is 16.2. The van der Waals surface area contributed by atoms with Gasteiger partial charge < -0.3 is 14.2 Å². The van der Waals surface area contributed by atoms with Crippen molar-refractivity contribution >= 4 is 17.9 Å². The van der Waals surface area contributed by atoms with Gasteiger partial charge in [0.15, 0.2) is 6.10 Å². The molecule has 0 aliphatic carbocycles. The van der Waals surface area contributed by atoms with Crippen LogP contribution in [0.1, 0.15) is 380 Å². The van der Waals surface area contributed by atoms with Gasteiger partial charge in [0.05, 0.1) is 0 Å². The third-order valence-electron chi connectivity index (χ3n) is 16.2. The molecule has 0 saturated heterocycles. The topological polar surface area (TPSA) is 78.9 Å². The molecular formula is C77H138O6. The molecule has 0 aromatic heterocycles. The zero-order valence-corrected chi connectivity index (χ0v) is 55.5. The van der Waals surface area contributed by atoms with Crippen molar-refractivity contribution in [2.45, 2.75) is 386 Å². The first-order valence-corrected chi connectivity index (χ1v) is 36.4. The summed E-state index contributed by atoms with van der Waals surface area (Å²) in [6.07, 6.45) is 93.6. The summed E-state index contributed by atoms with van der Waals surface area (Å²) >= 11 is 0. The van der Waals surface area contributed by atoms with Gasteiger partial charge in [-0.1, -0.05) is 344 Å². The van der Waals surface area contributed by atoms with Crippen LogP contribution in [0.5, 0.6) is 0 Å². The van der Waals surface area contributed by atoms with Crippen LogP contribution in [-0.4, -0.2) is 37.2 Å². The van der Waals surface area contributed by atoms with Crippen molar-refractivity contribution in [2.75, 3.05) is 13.2 Å². The molecule has 0 amide bonds. The van der Waals surface area contributed by atoms with E-state index >= 15 is 0 Å². The standard InChI is InChI=1S/C77H138O6/c1-4-7-10-13-16-19-22-25-28-31-34-36-37-38-39-40-42-43-46-49-52-55-58-61-64-67-70-76(79)82-73-74(72-81-75(78)69-66-63-60-57-54-51-48-45-33-30-27-24-21-18-15-12-9-6-3)83-77(80)71-68-65-62-59-56-53-50-47-44-41-35-32-29-26-23-20-17-14-11-8-5-2/h8,11,17,20,26,29-30,33,35,41,47,50,74H,4-7,9-10,12-16,18-19,21-25,27-28,31-32,34,36-40,42-46,48-49,51-73H2,1-3H3/b11-8-,20-17-,29-26-,33-30-,41-35-,50-47-.